The van der Waals surface area contributed by atoms with Gasteiger partial charge in [-0.25, -0.2) is 8.42 Å². The maximum Gasteiger partial charge on any atom is 0.306 e. The number of hydrogen-bond acceptors (Lipinski definition) is 5. The molecule has 0 bridgehead atoms. The van der Waals surface area contributed by atoms with Gasteiger partial charge in [-0.3, -0.25) is 9.59 Å². The Hall–Kier alpha value is -1.89. The molecule has 1 heterocycles. The van der Waals surface area contributed by atoms with Crippen molar-refractivity contribution in [2.45, 2.75) is 26.7 Å². The quantitative estimate of drug-likeness (QED) is 0.823. The molecule has 1 fully saturated rings. The number of carbonyl (C=O) groups is 2. The van der Waals surface area contributed by atoms with E-state index < -0.39 is 21.7 Å². The molecule has 1 aliphatic rings. The van der Waals surface area contributed by atoms with Gasteiger partial charge in [0.15, 0.2) is 16.4 Å². The van der Waals surface area contributed by atoms with E-state index in [0.717, 1.165) is 11.1 Å². The van der Waals surface area contributed by atoms with Gasteiger partial charge < -0.3 is 10.1 Å². The maximum absolute atomic E-state index is 11.8. The molecule has 23 heavy (non-hydrogen) atoms. The number of hydrogen-bond donors (Lipinski definition) is 1. The van der Waals surface area contributed by atoms with Crippen LogP contribution in [0.1, 0.15) is 24.0 Å². The second-order valence-corrected chi connectivity index (χ2v) is 8.21. The summed E-state index contributed by atoms with van der Waals surface area (Å²) >= 11 is 0. The molecule has 1 amide bonds. The minimum absolute atomic E-state index is 0.0247. The molecule has 1 N–H and O–H groups in total. The molecule has 1 atom stereocenters. The van der Waals surface area contributed by atoms with Crippen LogP contribution in [0.25, 0.3) is 0 Å². The molecule has 7 heteroatoms. The zero-order valence-corrected chi connectivity index (χ0v) is 14.1. The van der Waals surface area contributed by atoms with E-state index in [4.69, 9.17) is 4.74 Å². The van der Waals surface area contributed by atoms with E-state index in [1.54, 1.807) is 6.07 Å². The predicted octanol–water partition coefficient (Wildman–Crippen LogP) is 1.61. The van der Waals surface area contributed by atoms with Gasteiger partial charge in [-0.2, -0.15) is 0 Å². The summed E-state index contributed by atoms with van der Waals surface area (Å²) in [5, 5.41) is 2.66. The summed E-state index contributed by atoms with van der Waals surface area (Å²) in [5.74, 6) is -1.01. The Kier molecular flexibility index (Phi) is 5.41. The van der Waals surface area contributed by atoms with Crippen molar-refractivity contribution < 1.29 is 22.7 Å². The monoisotopic (exact) mass is 339 g/mol. The molecule has 0 aromatic heterocycles. The largest absolute Gasteiger partial charge is 0.456 e. The summed E-state index contributed by atoms with van der Waals surface area (Å²) in [6.07, 6.45) is 0.516. The van der Waals surface area contributed by atoms with Gasteiger partial charge in [0, 0.05) is 12.1 Å². The van der Waals surface area contributed by atoms with E-state index in [1.165, 1.54) is 0 Å². The summed E-state index contributed by atoms with van der Waals surface area (Å²) in [5.41, 5.74) is 2.83. The van der Waals surface area contributed by atoms with Crippen LogP contribution in [0, 0.1) is 19.8 Å². The van der Waals surface area contributed by atoms with Gasteiger partial charge in [-0.15, -0.1) is 0 Å². The van der Waals surface area contributed by atoms with Crippen molar-refractivity contribution in [2.24, 2.45) is 5.92 Å². The van der Waals surface area contributed by atoms with Crippen molar-refractivity contribution in [2.75, 3.05) is 23.4 Å². The number of rotatable bonds is 5. The molecule has 1 aromatic carbocycles. The fourth-order valence-electron chi connectivity index (χ4n) is 2.49. The standard InChI is InChI=1S/C16H21NO5S/c1-11-3-4-14(7-12(11)2)17-15(18)9-22-16(19)8-13-5-6-23(20,21)10-13/h3-4,7,13H,5-6,8-10H2,1-2H3,(H,17,18)/t13-/m1/s1. The van der Waals surface area contributed by atoms with Gasteiger partial charge in [-0.1, -0.05) is 6.07 Å². The molecular formula is C16H21NO5S. The molecule has 0 saturated carbocycles. The lowest BCUT2D eigenvalue weighted by atomic mass is 10.1. The Balaban J connectivity index is 1.75. The molecule has 6 nitrogen and oxygen atoms in total. The molecule has 0 radical (unpaired) electrons. The average Bonchev–Trinajstić information content (AvgIpc) is 2.80. The Labute approximate surface area is 136 Å². The second kappa shape index (κ2) is 7.12. The number of benzene rings is 1. The van der Waals surface area contributed by atoms with Crippen LogP contribution in [-0.2, 0) is 24.2 Å². The summed E-state index contributed by atoms with van der Waals surface area (Å²) in [4.78, 5) is 23.4. The highest BCUT2D eigenvalue weighted by atomic mass is 32.2. The minimum Gasteiger partial charge on any atom is -0.456 e. The lowest BCUT2D eigenvalue weighted by Crippen LogP contribution is -2.22. The van der Waals surface area contributed by atoms with Crippen molar-refractivity contribution in [1.29, 1.82) is 0 Å². The van der Waals surface area contributed by atoms with E-state index in [1.807, 2.05) is 26.0 Å². The van der Waals surface area contributed by atoms with E-state index in [0.29, 0.717) is 12.1 Å². The molecule has 1 aromatic rings. The van der Waals surface area contributed by atoms with Crippen LogP contribution in [-0.4, -0.2) is 38.4 Å². The van der Waals surface area contributed by atoms with Crippen molar-refractivity contribution in [3.8, 4) is 0 Å². The lowest BCUT2D eigenvalue weighted by molar-refractivity contribution is -0.148. The van der Waals surface area contributed by atoms with Crippen LogP contribution in [0.15, 0.2) is 18.2 Å². The zero-order chi connectivity index (χ0) is 17.0. The molecular weight excluding hydrogens is 318 g/mol. The number of anilines is 1. The van der Waals surface area contributed by atoms with Gasteiger partial charge in [0.1, 0.15) is 0 Å². The summed E-state index contributed by atoms with van der Waals surface area (Å²) in [6.45, 7) is 3.55. The van der Waals surface area contributed by atoms with Crippen molar-refractivity contribution in [3.05, 3.63) is 29.3 Å². The third-order valence-corrected chi connectivity index (χ3v) is 5.77. The van der Waals surface area contributed by atoms with Crippen LogP contribution < -0.4 is 5.32 Å². The van der Waals surface area contributed by atoms with E-state index in [9.17, 15) is 18.0 Å². The highest BCUT2D eigenvalue weighted by Crippen LogP contribution is 2.21. The van der Waals surface area contributed by atoms with Crippen LogP contribution in [0.3, 0.4) is 0 Å². The number of esters is 1. The van der Waals surface area contributed by atoms with Crippen molar-refractivity contribution in [1.82, 2.24) is 0 Å². The van der Waals surface area contributed by atoms with Gasteiger partial charge in [0.25, 0.3) is 5.91 Å². The summed E-state index contributed by atoms with van der Waals surface area (Å²) in [6, 6.07) is 5.53. The SMILES string of the molecule is Cc1ccc(NC(=O)COC(=O)C[C@H]2CCS(=O)(=O)C2)cc1C. The summed E-state index contributed by atoms with van der Waals surface area (Å²) < 4.78 is 27.6. The molecule has 1 saturated heterocycles. The number of carbonyl (C=O) groups excluding carboxylic acids is 2. The first-order chi connectivity index (χ1) is 10.7. The van der Waals surface area contributed by atoms with Gasteiger partial charge in [-0.05, 0) is 49.4 Å². The molecule has 2 rings (SSSR count). The fourth-order valence-corrected chi connectivity index (χ4v) is 4.35. The molecule has 1 aliphatic heterocycles. The number of aryl methyl sites for hydroxylation is 2. The Morgan fingerprint density at radius 3 is 2.61 bits per heavy atom. The number of nitrogens with one attached hydrogen (secondary N) is 1. The van der Waals surface area contributed by atoms with Crippen LogP contribution in [0.2, 0.25) is 0 Å². The molecule has 0 unspecified atom stereocenters. The van der Waals surface area contributed by atoms with Gasteiger partial charge >= 0.3 is 5.97 Å². The smallest absolute Gasteiger partial charge is 0.306 e. The lowest BCUT2D eigenvalue weighted by Gasteiger charge is -2.10. The predicted molar refractivity (Wildman–Crippen MR) is 86.9 cm³/mol. The molecule has 0 aliphatic carbocycles. The van der Waals surface area contributed by atoms with E-state index in [-0.39, 0.29) is 30.5 Å². The van der Waals surface area contributed by atoms with E-state index >= 15 is 0 Å². The summed E-state index contributed by atoms with van der Waals surface area (Å²) in [7, 11) is -3.01. The Bertz CT molecular complexity index is 711. The van der Waals surface area contributed by atoms with Crippen molar-refractivity contribution in [3.63, 3.8) is 0 Å². The minimum atomic E-state index is -3.01. The Morgan fingerprint density at radius 1 is 1.26 bits per heavy atom. The highest BCUT2D eigenvalue weighted by molar-refractivity contribution is 7.91. The number of sulfone groups is 1. The highest BCUT2D eigenvalue weighted by Gasteiger charge is 2.29. The normalized spacial score (nSPS) is 19.3. The molecule has 0 spiro atoms. The maximum atomic E-state index is 11.8. The van der Waals surface area contributed by atoms with Gasteiger partial charge in [0.2, 0.25) is 0 Å². The van der Waals surface area contributed by atoms with E-state index in [2.05, 4.69) is 5.32 Å². The first kappa shape index (κ1) is 17.5. The molecule has 126 valence electrons. The topological polar surface area (TPSA) is 89.5 Å². The Morgan fingerprint density at radius 2 is 2.00 bits per heavy atom. The average molecular weight is 339 g/mol. The van der Waals surface area contributed by atoms with Gasteiger partial charge in [0.05, 0.1) is 11.5 Å². The van der Waals surface area contributed by atoms with Crippen LogP contribution >= 0.6 is 0 Å². The first-order valence-electron chi connectivity index (χ1n) is 7.48. The zero-order valence-electron chi connectivity index (χ0n) is 13.3. The number of ether oxygens (including phenoxy) is 1. The fraction of sp³-hybridized carbons (Fsp3) is 0.500. The second-order valence-electron chi connectivity index (χ2n) is 5.98. The van der Waals surface area contributed by atoms with Crippen LogP contribution in [0.4, 0.5) is 5.69 Å². The number of amides is 1. The first-order valence-corrected chi connectivity index (χ1v) is 9.30. The van der Waals surface area contributed by atoms with Crippen LogP contribution in [0.5, 0.6) is 0 Å². The third kappa shape index (κ3) is 5.35. The third-order valence-electron chi connectivity index (χ3n) is 3.94. The van der Waals surface area contributed by atoms with Crippen molar-refractivity contribution >= 4 is 27.4 Å².